The fourth-order valence-corrected chi connectivity index (χ4v) is 8.73. The van der Waals surface area contributed by atoms with Gasteiger partial charge in [0.1, 0.15) is 0 Å². The molecule has 1 heteroatoms. The first kappa shape index (κ1) is 35.3. The van der Waals surface area contributed by atoms with Crippen molar-refractivity contribution in [1.29, 1.82) is 0 Å². The third-order valence-electron chi connectivity index (χ3n) is 11.7. The second-order valence-electron chi connectivity index (χ2n) is 16.3. The molecule has 0 saturated carbocycles. The lowest BCUT2D eigenvalue weighted by atomic mass is 9.80. The fraction of sp³-hybridized carbons (Fsp3) is 0.0702. The van der Waals surface area contributed by atoms with Crippen molar-refractivity contribution in [1.82, 2.24) is 4.98 Å². The predicted molar refractivity (Wildman–Crippen MR) is 248 cm³/mol. The van der Waals surface area contributed by atoms with Crippen LogP contribution in [0.2, 0.25) is 0 Å². The van der Waals surface area contributed by atoms with Gasteiger partial charge in [0, 0.05) is 16.7 Å². The fourth-order valence-electron chi connectivity index (χ4n) is 8.73. The van der Waals surface area contributed by atoms with Gasteiger partial charge in [0.2, 0.25) is 0 Å². The molecule has 0 amide bonds. The molecular formula is C57H43N. The molecule has 1 aromatic heterocycles. The minimum Gasteiger partial charge on any atom is -0.247 e. The summed E-state index contributed by atoms with van der Waals surface area (Å²) in [4.78, 5) is 5.27. The first-order valence-electron chi connectivity index (χ1n) is 20.2. The molecule has 10 rings (SSSR count). The zero-order valence-electron chi connectivity index (χ0n) is 33.1. The summed E-state index contributed by atoms with van der Waals surface area (Å²) in [6, 6.07) is 75.0. The molecule has 10 aromatic rings. The number of nitrogens with zero attached hydrogens (tertiary/aromatic N) is 1. The summed E-state index contributed by atoms with van der Waals surface area (Å²) in [5.41, 5.74) is 15.2. The Morgan fingerprint density at radius 1 is 0.310 bits per heavy atom. The molecule has 0 radical (unpaired) electrons. The van der Waals surface area contributed by atoms with Crippen LogP contribution in [0.3, 0.4) is 0 Å². The zero-order chi connectivity index (χ0) is 39.2. The molecule has 0 N–H and O–H groups in total. The van der Waals surface area contributed by atoms with Crippen LogP contribution >= 0.6 is 0 Å². The van der Waals surface area contributed by atoms with Crippen LogP contribution in [0.4, 0.5) is 0 Å². The van der Waals surface area contributed by atoms with Crippen LogP contribution in [-0.4, -0.2) is 4.98 Å². The second kappa shape index (κ2) is 14.4. The molecule has 0 aliphatic rings. The Balaban J connectivity index is 1.19. The van der Waals surface area contributed by atoms with Gasteiger partial charge in [-0.2, -0.15) is 0 Å². The molecular weight excluding hydrogens is 699 g/mol. The van der Waals surface area contributed by atoms with E-state index in [1.54, 1.807) is 0 Å². The molecule has 0 atom stereocenters. The van der Waals surface area contributed by atoms with Crippen LogP contribution in [-0.2, 0) is 5.41 Å². The van der Waals surface area contributed by atoms with Crippen LogP contribution in [0.1, 0.15) is 26.3 Å². The Bertz CT molecular complexity index is 3100. The molecule has 0 spiro atoms. The number of fused-ring (bicyclic) bond motifs is 3. The SMILES string of the molecule is CC(C)(C)c1ccc2c(-c3ccc(-c4ccccc4)c4ccccc34)c3ccccc3c(-c3ccc(-c4ccc(-c5ccccc5)nc4-c4ccccc4)cc3)c2c1. The van der Waals surface area contributed by atoms with Gasteiger partial charge in [-0.1, -0.05) is 215 Å². The predicted octanol–water partition coefficient (Wildman–Crippen LogP) is 15.8. The zero-order valence-corrected chi connectivity index (χ0v) is 33.1. The molecule has 0 unspecified atom stereocenters. The summed E-state index contributed by atoms with van der Waals surface area (Å²) < 4.78 is 0. The van der Waals surface area contributed by atoms with Gasteiger partial charge in [0.05, 0.1) is 11.4 Å². The summed E-state index contributed by atoms with van der Waals surface area (Å²) in [7, 11) is 0. The third kappa shape index (κ3) is 6.26. The number of hydrogen-bond acceptors (Lipinski definition) is 1. The lowest BCUT2D eigenvalue weighted by Crippen LogP contribution is -2.10. The Hall–Kier alpha value is -7.09. The van der Waals surface area contributed by atoms with Gasteiger partial charge >= 0.3 is 0 Å². The lowest BCUT2D eigenvalue weighted by Gasteiger charge is -2.23. The highest BCUT2D eigenvalue weighted by atomic mass is 14.7. The smallest absolute Gasteiger partial charge is 0.0787 e. The maximum absolute atomic E-state index is 5.27. The van der Waals surface area contributed by atoms with Gasteiger partial charge in [0.25, 0.3) is 0 Å². The van der Waals surface area contributed by atoms with E-state index in [2.05, 4.69) is 221 Å². The molecule has 0 aliphatic heterocycles. The maximum atomic E-state index is 5.27. The largest absolute Gasteiger partial charge is 0.247 e. The van der Waals surface area contributed by atoms with Crippen molar-refractivity contribution in [2.24, 2.45) is 0 Å². The quantitative estimate of drug-likeness (QED) is 0.155. The normalized spacial score (nSPS) is 11.7. The van der Waals surface area contributed by atoms with Gasteiger partial charge in [0.15, 0.2) is 0 Å². The highest BCUT2D eigenvalue weighted by Gasteiger charge is 2.22. The van der Waals surface area contributed by atoms with Crippen molar-refractivity contribution >= 4 is 32.3 Å². The maximum Gasteiger partial charge on any atom is 0.0787 e. The Morgan fingerprint density at radius 2 is 0.776 bits per heavy atom. The van der Waals surface area contributed by atoms with E-state index in [4.69, 9.17) is 4.98 Å². The van der Waals surface area contributed by atoms with Crippen molar-refractivity contribution in [2.45, 2.75) is 26.2 Å². The summed E-state index contributed by atoms with van der Waals surface area (Å²) in [6.07, 6.45) is 0. The lowest BCUT2D eigenvalue weighted by molar-refractivity contribution is 0.591. The minimum absolute atomic E-state index is 0.0160. The van der Waals surface area contributed by atoms with E-state index in [9.17, 15) is 0 Å². The van der Waals surface area contributed by atoms with Gasteiger partial charge in [-0.15, -0.1) is 0 Å². The molecule has 0 aliphatic carbocycles. The van der Waals surface area contributed by atoms with Crippen LogP contribution in [0.25, 0.3) is 99.3 Å². The van der Waals surface area contributed by atoms with E-state index in [-0.39, 0.29) is 5.41 Å². The molecule has 0 fully saturated rings. The van der Waals surface area contributed by atoms with Gasteiger partial charge < -0.3 is 0 Å². The van der Waals surface area contributed by atoms with Gasteiger partial charge in [-0.25, -0.2) is 4.98 Å². The molecule has 1 heterocycles. The highest BCUT2D eigenvalue weighted by Crippen LogP contribution is 2.47. The monoisotopic (exact) mass is 741 g/mol. The number of benzene rings is 9. The number of aromatic nitrogens is 1. The summed E-state index contributed by atoms with van der Waals surface area (Å²) in [6.45, 7) is 6.92. The van der Waals surface area contributed by atoms with Gasteiger partial charge in [-0.3, -0.25) is 0 Å². The number of hydrogen-bond donors (Lipinski definition) is 0. The van der Waals surface area contributed by atoms with Crippen LogP contribution < -0.4 is 0 Å². The summed E-state index contributed by atoms with van der Waals surface area (Å²) in [5.74, 6) is 0. The molecule has 1 nitrogen and oxygen atoms in total. The summed E-state index contributed by atoms with van der Waals surface area (Å²) >= 11 is 0. The topological polar surface area (TPSA) is 12.9 Å². The van der Waals surface area contributed by atoms with E-state index in [1.807, 2.05) is 6.07 Å². The minimum atomic E-state index is -0.0160. The molecule has 276 valence electrons. The van der Waals surface area contributed by atoms with Gasteiger partial charge in [-0.05, 0) is 94.4 Å². The van der Waals surface area contributed by atoms with Crippen LogP contribution in [0.15, 0.2) is 206 Å². The highest BCUT2D eigenvalue weighted by molar-refractivity contribution is 6.24. The van der Waals surface area contributed by atoms with Crippen molar-refractivity contribution in [3.63, 3.8) is 0 Å². The Morgan fingerprint density at radius 3 is 1.41 bits per heavy atom. The molecule has 58 heavy (non-hydrogen) atoms. The van der Waals surface area contributed by atoms with Crippen molar-refractivity contribution < 1.29 is 0 Å². The van der Waals surface area contributed by atoms with Crippen molar-refractivity contribution in [3.05, 3.63) is 212 Å². The molecule has 0 bridgehead atoms. The van der Waals surface area contributed by atoms with E-state index in [1.165, 1.54) is 71.3 Å². The Kier molecular flexibility index (Phi) is 8.80. The first-order valence-corrected chi connectivity index (χ1v) is 20.2. The second-order valence-corrected chi connectivity index (χ2v) is 16.3. The van der Waals surface area contributed by atoms with Crippen molar-refractivity contribution in [2.75, 3.05) is 0 Å². The third-order valence-corrected chi connectivity index (χ3v) is 11.7. The van der Waals surface area contributed by atoms with E-state index in [0.717, 1.165) is 33.6 Å². The average Bonchev–Trinajstić information content (AvgIpc) is 3.28. The van der Waals surface area contributed by atoms with E-state index >= 15 is 0 Å². The van der Waals surface area contributed by atoms with Crippen LogP contribution in [0, 0.1) is 0 Å². The Labute approximate surface area is 340 Å². The first-order chi connectivity index (χ1) is 28.4. The van der Waals surface area contributed by atoms with Crippen LogP contribution in [0.5, 0.6) is 0 Å². The van der Waals surface area contributed by atoms with Crippen molar-refractivity contribution in [3.8, 4) is 67.0 Å². The summed E-state index contributed by atoms with van der Waals surface area (Å²) in [5, 5.41) is 7.55. The number of pyridine rings is 1. The standard InChI is InChI=1S/C57H43N/c1-57(2,3)43-31-32-51-52(37-43)54(41-29-27-39(28-30-41)45-35-36-53(40-19-9-5-10-20-40)58-56(45)42-21-11-6-12-22-42)48-25-15-16-26-49(48)55(51)50-34-33-44(38-17-7-4-8-18-38)46-23-13-14-24-47(46)50/h4-37H,1-3H3. The van der Waals surface area contributed by atoms with E-state index in [0.29, 0.717) is 0 Å². The number of rotatable bonds is 6. The molecule has 9 aromatic carbocycles. The van der Waals surface area contributed by atoms with E-state index < -0.39 is 0 Å². The average molecular weight is 742 g/mol. The molecule has 0 saturated heterocycles.